The van der Waals surface area contributed by atoms with E-state index in [1.807, 2.05) is 18.2 Å². The summed E-state index contributed by atoms with van der Waals surface area (Å²) in [7, 11) is 0. The highest BCUT2D eigenvalue weighted by Gasteiger charge is 2.02. The Hall–Kier alpha value is -1.50. The van der Waals surface area contributed by atoms with E-state index in [0.717, 1.165) is 18.5 Å². The SMILES string of the molecule is Nc1cccc(C2=CC=CCC2)c1. The summed E-state index contributed by atoms with van der Waals surface area (Å²) >= 11 is 0. The highest BCUT2D eigenvalue weighted by Crippen LogP contribution is 2.24. The van der Waals surface area contributed by atoms with Crippen LogP contribution in [0.15, 0.2) is 42.5 Å². The van der Waals surface area contributed by atoms with Crippen molar-refractivity contribution in [3.05, 3.63) is 48.1 Å². The van der Waals surface area contributed by atoms with Crippen LogP contribution in [0, 0.1) is 0 Å². The third-order valence-electron chi connectivity index (χ3n) is 2.27. The van der Waals surface area contributed by atoms with Crippen molar-refractivity contribution in [1.82, 2.24) is 0 Å². The number of rotatable bonds is 1. The van der Waals surface area contributed by atoms with Gasteiger partial charge in [-0.3, -0.25) is 0 Å². The monoisotopic (exact) mass is 171 g/mol. The number of benzene rings is 1. The van der Waals surface area contributed by atoms with Crippen LogP contribution in [0.4, 0.5) is 5.69 Å². The van der Waals surface area contributed by atoms with E-state index in [4.69, 9.17) is 5.73 Å². The smallest absolute Gasteiger partial charge is 0.0320 e. The van der Waals surface area contributed by atoms with Gasteiger partial charge in [0.1, 0.15) is 0 Å². The van der Waals surface area contributed by atoms with E-state index in [1.54, 1.807) is 0 Å². The predicted octanol–water partition coefficient (Wildman–Crippen LogP) is 3.00. The standard InChI is InChI=1S/C12H13N/c13-12-8-4-7-11(9-12)10-5-2-1-3-6-10/h1-2,4-5,7-9H,3,6,13H2. The van der Waals surface area contributed by atoms with Crippen LogP contribution in [-0.4, -0.2) is 0 Å². The molecule has 0 saturated heterocycles. The molecule has 1 nitrogen and oxygen atoms in total. The van der Waals surface area contributed by atoms with Crippen molar-refractivity contribution in [1.29, 1.82) is 0 Å². The molecule has 0 radical (unpaired) electrons. The van der Waals surface area contributed by atoms with Crippen molar-refractivity contribution in [2.75, 3.05) is 5.73 Å². The van der Waals surface area contributed by atoms with Crippen molar-refractivity contribution in [3.8, 4) is 0 Å². The quantitative estimate of drug-likeness (QED) is 0.646. The van der Waals surface area contributed by atoms with Gasteiger partial charge in [-0.2, -0.15) is 0 Å². The van der Waals surface area contributed by atoms with E-state index >= 15 is 0 Å². The Morgan fingerprint density at radius 1 is 1.23 bits per heavy atom. The molecule has 0 heterocycles. The molecule has 0 atom stereocenters. The van der Waals surface area contributed by atoms with Crippen LogP contribution in [0.5, 0.6) is 0 Å². The summed E-state index contributed by atoms with van der Waals surface area (Å²) in [6.07, 6.45) is 8.73. The molecule has 0 amide bonds. The fourth-order valence-electron chi connectivity index (χ4n) is 1.58. The van der Waals surface area contributed by atoms with Crippen LogP contribution >= 0.6 is 0 Å². The minimum absolute atomic E-state index is 0.841. The maximum Gasteiger partial charge on any atom is 0.0320 e. The first-order valence-corrected chi connectivity index (χ1v) is 4.58. The lowest BCUT2D eigenvalue weighted by atomic mass is 9.97. The van der Waals surface area contributed by atoms with Crippen LogP contribution in [0.25, 0.3) is 5.57 Å². The van der Waals surface area contributed by atoms with Gasteiger partial charge < -0.3 is 5.73 Å². The Labute approximate surface area is 78.6 Å². The molecule has 2 rings (SSSR count). The number of allylic oxidation sites excluding steroid dienone is 4. The normalized spacial score (nSPS) is 15.5. The zero-order valence-corrected chi connectivity index (χ0v) is 7.53. The highest BCUT2D eigenvalue weighted by molar-refractivity contribution is 5.70. The van der Waals surface area contributed by atoms with Crippen LogP contribution in [0.1, 0.15) is 18.4 Å². The fourth-order valence-corrected chi connectivity index (χ4v) is 1.58. The second-order valence-corrected chi connectivity index (χ2v) is 3.28. The van der Waals surface area contributed by atoms with Gasteiger partial charge in [0.15, 0.2) is 0 Å². The summed E-state index contributed by atoms with van der Waals surface area (Å²) in [4.78, 5) is 0. The zero-order valence-electron chi connectivity index (χ0n) is 7.53. The number of hydrogen-bond donors (Lipinski definition) is 1. The van der Waals surface area contributed by atoms with E-state index in [0.29, 0.717) is 0 Å². The Morgan fingerprint density at radius 2 is 2.15 bits per heavy atom. The number of anilines is 1. The van der Waals surface area contributed by atoms with Gasteiger partial charge in [0, 0.05) is 5.69 Å². The first-order chi connectivity index (χ1) is 6.36. The Kier molecular flexibility index (Phi) is 2.17. The van der Waals surface area contributed by atoms with Gasteiger partial charge in [-0.15, -0.1) is 0 Å². The molecule has 1 aromatic rings. The van der Waals surface area contributed by atoms with E-state index in [1.165, 1.54) is 11.1 Å². The maximum absolute atomic E-state index is 5.72. The van der Waals surface area contributed by atoms with Crippen molar-refractivity contribution in [2.45, 2.75) is 12.8 Å². The second kappa shape index (κ2) is 3.48. The average molecular weight is 171 g/mol. The molecule has 2 N–H and O–H groups in total. The lowest BCUT2D eigenvalue weighted by Gasteiger charge is -2.09. The van der Waals surface area contributed by atoms with Crippen LogP contribution in [0.2, 0.25) is 0 Å². The number of nitrogens with two attached hydrogens (primary N) is 1. The van der Waals surface area contributed by atoms with Gasteiger partial charge in [-0.05, 0) is 36.1 Å². The summed E-state index contributed by atoms with van der Waals surface area (Å²) in [6, 6.07) is 8.07. The van der Waals surface area contributed by atoms with E-state index in [2.05, 4.69) is 24.3 Å². The van der Waals surface area contributed by atoms with Crippen molar-refractivity contribution in [2.24, 2.45) is 0 Å². The van der Waals surface area contributed by atoms with Gasteiger partial charge >= 0.3 is 0 Å². The lowest BCUT2D eigenvalue weighted by Crippen LogP contribution is -1.90. The Balaban J connectivity index is 2.34. The third-order valence-corrected chi connectivity index (χ3v) is 2.27. The van der Waals surface area contributed by atoms with Crippen LogP contribution in [0.3, 0.4) is 0 Å². The molecule has 0 bridgehead atoms. The molecule has 0 saturated carbocycles. The molecular formula is C12H13N. The topological polar surface area (TPSA) is 26.0 Å². The van der Waals surface area contributed by atoms with Gasteiger partial charge in [-0.1, -0.05) is 30.4 Å². The molecule has 0 unspecified atom stereocenters. The first-order valence-electron chi connectivity index (χ1n) is 4.58. The van der Waals surface area contributed by atoms with E-state index in [9.17, 15) is 0 Å². The number of nitrogen functional groups attached to an aromatic ring is 1. The summed E-state index contributed by atoms with van der Waals surface area (Å²) in [6.45, 7) is 0. The van der Waals surface area contributed by atoms with Gasteiger partial charge in [-0.25, -0.2) is 0 Å². The predicted molar refractivity (Wildman–Crippen MR) is 57.2 cm³/mol. The van der Waals surface area contributed by atoms with Crippen molar-refractivity contribution >= 4 is 11.3 Å². The molecule has 1 aromatic carbocycles. The highest BCUT2D eigenvalue weighted by atomic mass is 14.5. The molecule has 0 aromatic heterocycles. The minimum atomic E-state index is 0.841. The molecule has 1 aliphatic carbocycles. The Bertz CT molecular complexity index is 361. The molecule has 0 aliphatic heterocycles. The average Bonchev–Trinajstić information content (AvgIpc) is 2.19. The third kappa shape index (κ3) is 1.81. The maximum atomic E-state index is 5.72. The molecule has 13 heavy (non-hydrogen) atoms. The molecule has 1 heteroatoms. The zero-order chi connectivity index (χ0) is 9.10. The molecule has 0 spiro atoms. The van der Waals surface area contributed by atoms with Crippen LogP contribution < -0.4 is 5.73 Å². The van der Waals surface area contributed by atoms with E-state index < -0.39 is 0 Å². The molecule has 0 fully saturated rings. The largest absolute Gasteiger partial charge is 0.399 e. The summed E-state index contributed by atoms with van der Waals surface area (Å²) in [5, 5.41) is 0. The van der Waals surface area contributed by atoms with Crippen molar-refractivity contribution < 1.29 is 0 Å². The summed E-state index contributed by atoms with van der Waals surface area (Å²) in [5.41, 5.74) is 9.20. The van der Waals surface area contributed by atoms with Crippen molar-refractivity contribution in [3.63, 3.8) is 0 Å². The lowest BCUT2D eigenvalue weighted by molar-refractivity contribution is 1.05. The van der Waals surface area contributed by atoms with Gasteiger partial charge in [0.2, 0.25) is 0 Å². The number of hydrogen-bond acceptors (Lipinski definition) is 1. The van der Waals surface area contributed by atoms with Crippen LogP contribution in [-0.2, 0) is 0 Å². The first kappa shape index (κ1) is 8.11. The second-order valence-electron chi connectivity index (χ2n) is 3.28. The van der Waals surface area contributed by atoms with Gasteiger partial charge in [0.05, 0.1) is 0 Å². The molecule has 1 aliphatic rings. The molecule has 66 valence electrons. The fraction of sp³-hybridized carbons (Fsp3) is 0.167. The Morgan fingerprint density at radius 3 is 2.85 bits per heavy atom. The molecular weight excluding hydrogens is 158 g/mol. The minimum Gasteiger partial charge on any atom is -0.399 e. The van der Waals surface area contributed by atoms with E-state index in [-0.39, 0.29) is 0 Å². The van der Waals surface area contributed by atoms with Gasteiger partial charge in [0.25, 0.3) is 0 Å². The summed E-state index contributed by atoms with van der Waals surface area (Å²) < 4.78 is 0. The summed E-state index contributed by atoms with van der Waals surface area (Å²) in [5.74, 6) is 0.